The molecule has 5 nitrogen and oxygen atoms in total. The maximum atomic E-state index is 12.8. The van der Waals surface area contributed by atoms with Crippen LogP contribution in [0.5, 0.6) is 11.5 Å². The summed E-state index contributed by atoms with van der Waals surface area (Å²) in [6.45, 7) is 3.80. The smallest absolute Gasteiger partial charge is 0.416 e. The predicted octanol–water partition coefficient (Wildman–Crippen LogP) is 5.12. The molecule has 0 aliphatic carbocycles. The van der Waals surface area contributed by atoms with Gasteiger partial charge in [0.15, 0.2) is 11.2 Å². The van der Waals surface area contributed by atoms with Gasteiger partial charge in [0, 0.05) is 0 Å². The van der Waals surface area contributed by atoms with Crippen LogP contribution in [0, 0.1) is 0 Å². The Labute approximate surface area is 163 Å². The molecule has 1 aromatic heterocycles. The molecule has 1 heterocycles. The number of aromatic nitrogens is 1. The highest BCUT2D eigenvalue weighted by atomic mass is 32.1. The van der Waals surface area contributed by atoms with Crippen molar-refractivity contribution in [1.82, 2.24) is 4.98 Å². The molecule has 0 bridgehead atoms. The van der Waals surface area contributed by atoms with Crippen molar-refractivity contribution in [3.05, 3.63) is 48.0 Å². The minimum absolute atomic E-state index is 0.0413. The number of ether oxygens (including phenoxy) is 2. The summed E-state index contributed by atoms with van der Waals surface area (Å²) in [4.78, 5) is 16.7. The van der Waals surface area contributed by atoms with Gasteiger partial charge in [-0.2, -0.15) is 13.2 Å². The minimum atomic E-state index is -4.48. The normalized spacial score (nSPS) is 12.6. The fourth-order valence-electron chi connectivity index (χ4n) is 2.46. The van der Waals surface area contributed by atoms with E-state index in [1.165, 1.54) is 30.4 Å². The van der Waals surface area contributed by atoms with E-state index in [4.69, 9.17) is 9.47 Å². The highest BCUT2D eigenvalue weighted by Crippen LogP contribution is 2.33. The first-order valence-electron chi connectivity index (χ1n) is 8.45. The number of carbonyl (C=O) groups excluding carboxylic acids is 1. The largest absolute Gasteiger partial charge is 0.492 e. The molecule has 0 unspecified atom stereocenters. The first-order chi connectivity index (χ1) is 13.3. The molecule has 0 spiro atoms. The molecule has 1 N–H and O–H groups in total. The van der Waals surface area contributed by atoms with Crippen LogP contribution >= 0.6 is 11.3 Å². The Morgan fingerprint density at radius 1 is 1.25 bits per heavy atom. The summed E-state index contributed by atoms with van der Waals surface area (Å²) >= 11 is 1.27. The average Bonchev–Trinajstić information content (AvgIpc) is 3.05. The molecule has 1 amide bonds. The van der Waals surface area contributed by atoms with E-state index < -0.39 is 23.8 Å². The summed E-state index contributed by atoms with van der Waals surface area (Å²) in [5.74, 6) is 0.0554. The van der Waals surface area contributed by atoms with Gasteiger partial charge in [0.25, 0.3) is 5.91 Å². The van der Waals surface area contributed by atoms with Crippen molar-refractivity contribution in [1.29, 1.82) is 0 Å². The van der Waals surface area contributed by atoms with E-state index in [1.54, 1.807) is 6.07 Å². The SMILES string of the molecule is CCOc1cccc2sc(NC(=O)[C@@H](C)Oc3cccc(C(F)(F)F)c3)nc12. The maximum absolute atomic E-state index is 12.8. The number of alkyl halides is 3. The first kappa shape index (κ1) is 19.9. The maximum Gasteiger partial charge on any atom is 0.416 e. The quantitative estimate of drug-likeness (QED) is 0.613. The zero-order chi connectivity index (χ0) is 20.3. The number of para-hydroxylation sites is 1. The predicted molar refractivity (Wildman–Crippen MR) is 101 cm³/mol. The van der Waals surface area contributed by atoms with Crippen LogP contribution in [0.15, 0.2) is 42.5 Å². The third-order valence-corrected chi connectivity index (χ3v) is 4.69. The molecule has 0 aliphatic heterocycles. The Bertz CT molecular complexity index is 988. The van der Waals surface area contributed by atoms with Crippen LogP contribution in [0.3, 0.4) is 0 Å². The van der Waals surface area contributed by atoms with E-state index in [0.717, 1.165) is 16.8 Å². The van der Waals surface area contributed by atoms with Gasteiger partial charge in [0.05, 0.1) is 16.9 Å². The summed E-state index contributed by atoms with van der Waals surface area (Å²) in [5.41, 5.74) is -0.205. The number of nitrogens with zero attached hydrogens (tertiary/aromatic N) is 1. The van der Waals surface area contributed by atoms with Gasteiger partial charge in [0.2, 0.25) is 0 Å². The zero-order valence-electron chi connectivity index (χ0n) is 15.0. The number of thiazole rings is 1. The molecule has 28 heavy (non-hydrogen) atoms. The van der Waals surface area contributed by atoms with Gasteiger partial charge in [0.1, 0.15) is 17.0 Å². The molecular weight excluding hydrogens is 393 g/mol. The van der Waals surface area contributed by atoms with E-state index >= 15 is 0 Å². The van der Waals surface area contributed by atoms with Gasteiger partial charge in [-0.3, -0.25) is 10.1 Å². The number of halogens is 3. The number of anilines is 1. The summed E-state index contributed by atoms with van der Waals surface area (Å²) in [6, 6.07) is 9.86. The molecule has 0 saturated carbocycles. The number of hydrogen-bond acceptors (Lipinski definition) is 5. The standard InChI is InChI=1S/C19H17F3N2O3S/c1-3-26-14-8-5-9-15-16(14)23-18(28-15)24-17(25)11(2)27-13-7-4-6-12(10-13)19(20,21)22/h4-11H,3H2,1-2H3,(H,23,24,25)/t11-/m1/s1. The molecule has 148 valence electrons. The van der Waals surface area contributed by atoms with Crippen molar-refractivity contribution < 1.29 is 27.4 Å². The lowest BCUT2D eigenvalue weighted by Crippen LogP contribution is -2.30. The molecule has 3 aromatic rings. The second kappa shape index (κ2) is 8.05. The fourth-order valence-corrected chi connectivity index (χ4v) is 3.35. The van der Waals surface area contributed by atoms with Gasteiger partial charge in [-0.05, 0) is 44.2 Å². The van der Waals surface area contributed by atoms with Crippen LogP contribution in [0.4, 0.5) is 18.3 Å². The fraction of sp³-hybridized carbons (Fsp3) is 0.263. The van der Waals surface area contributed by atoms with Crippen molar-refractivity contribution >= 4 is 32.6 Å². The van der Waals surface area contributed by atoms with Gasteiger partial charge >= 0.3 is 6.18 Å². The number of amides is 1. The zero-order valence-corrected chi connectivity index (χ0v) is 15.9. The molecule has 0 aliphatic rings. The lowest BCUT2D eigenvalue weighted by molar-refractivity contribution is -0.137. The molecule has 0 radical (unpaired) electrons. The van der Waals surface area contributed by atoms with Crippen LogP contribution in [0.25, 0.3) is 10.2 Å². The number of nitrogens with one attached hydrogen (secondary N) is 1. The Morgan fingerprint density at radius 3 is 2.71 bits per heavy atom. The number of carbonyl (C=O) groups is 1. The van der Waals surface area contributed by atoms with Gasteiger partial charge in [-0.15, -0.1) is 0 Å². The molecule has 2 aromatic carbocycles. The molecule has 3 rings (SSSR count). The van der Waals surface area contributed by atoms with Crippen LogP contribution < -0.4 is 14.8 Å². The van der Waals surface area contributed by atoms with E-state index in [2.05, 4.69) is 10.3 Å². The summed E-state index contributed by atoms with van der Waals surface area (Å²) in [5, 5.41) is 2.98. The monoisotopic (exact) mass is 410 g/mol. The van der Waals surface area contributed by atoms with Crippen molar-refractivity contribution in [3.8, 4) is 11.5 Å². The summed E-state index contributed by atoms with van der Waals surface area (Å²) < 4.78 is 50.1. The number of fused-ring (bicyclic) bond motifs is 1. The number of benzene rings is 2. The van der Waals surface area contributed by atoms with Gasteiger partial charge in [-0.25, -0.2) is 4.98 Å². The molecule has 0 saturated heterocycles. The van der Waals surface area contributed by atoms with Crippen LogP contribution in [0.2, 0.25) is 0 Å². The van der Waals surface area contributed by atoms with Crippen molar-refractivity contribution in [3.63, 3.8) is 0 Å². The minimum Gasteiger partial charge on any atom is -0.492 e. The van der Waals surface area contributed by atoms with E-state index in [-0.39, 0.29) is 5.75 Å². The van der Waals surface area contributed by atoms with Crippen molar-refractivity contribution in [2.75, 3.05) is 11.9 Å². The highest BCUT2D eigenvalue weighted by molar-refractivity contribution is 7.22. The number of hydrogen-bond donors (Lipinski definition) is 1. The van der Waals surface area contributed by atoms with E-state index in [9.17, 15) is 18.0 Å². The van der Waals surface area contributed by atoms with E-state index in [1.807, 2.05) is 19.1 Å². The van der Waals surface area contributed by atoms with Crippen molar-refractivity contribution in [2.45, 2.75) is 26.1 Å². The molecule has 1 atom stereocenters. The van der Waals surface area contributed by atoms with Crippen LogP contribution in [-0.2, 0) is 11.0 Å². The second-order valence-corrected chi connectivity index (χ2v) is 6.86. The number of rotatable bonds is 6. The van der Waals surface area contributed by atoms with Gasteiger partial charge in [-0.1, -0.05) is 23.5 Å². The summed E-state index contributed by atoms with van der Waals surface area (Å²) in [7, 11) is 0. The topological polar surface area (TPSA) is 60.5 Å². The Balaban J connectivity index is 1.71. The average molecular weight is 410 g/mol. The lowest BCUT2D eigenvalue weighted by Gasteiger charge is -2.15. The van der Waals surface area contributed by atoms with Gasteiger partial charge < -0.3 is 9.47 Å². The molecule has 0 fully saturated rings. The summed E-state index contributed by atoms with van der Waals surface area (Å²) in [6.07, 6.45) is -5.49. The lowest BCUT2D eigenvalue weighted by atomic mass is 10.2. The third-order valence-electron chi connectivity index (χ3n) is 3.76. The first-order valence-corrected chi connectivity index (χ1v) is 9.26. The molecule has 9 heteroatoms. The Kier molecular flexibility index (Phi) is 5.73. The third kappa shape index (κ3) is 4.53. The van der Waals surface area contributed by atoms with E-state index in [0.29, 0.717) is 23.0 Å². The molecular formula is C19H17F3N2O3S. The Hall–Kier alpha value is -2.81. The van der Waals surface area contributed by atoms with Crippen molar-refractivity contribution in [2.24, 2.45) is 0 Å². The van der Waals surface area contributed by atoms with Crippen LogP contribution in [0.1, 0.15) is 19.4 Å². The van der Waals surface area contributed by atoms with Crippen LogP contribution in [-0.4, -0.2) is 23.6 Å². The highest BCUT2D eigenvalue weighted by Gasteiger charge is 2.31. The second-order valence-electron chi connectivity index (χ2n) is 5.83. The Morgan fingerprint density at radius 2 is 2.00 bits per heavy atom.